The molecule has 2 aromatic rings. The van der Waals surface area contributed by atoms with E-state index in [9.17, 15) is 4.79 Å². The summed E-state index contributed by atoms with van der Waals surface area (Å²) in [4.78, 5) is 15.6. The molecule has 0 spiro atoms. The molecule has 0 atom stereocenters. The number of methoxy groups -OCH3 is 1. The predicted octanol–water partition coefficient (Wildman–Crippen LogP) is 0.878. The van der Waals surface area contributed by atoms with Gasteiger partial charge in [-0.15, -0.1) is 0 Å². The number of nitrogens with one attached hydrogen (secondary N) is 1. The third-order valence-electron chi connectivity index (χ3n) is 2.81. The van der Waals surface area contributed by atoms with Crippen LogP contribution < -0.4 is 5.32 Å². The van der Waals surface area contributed by atoms with Crippen LogP contribution in [0.1, 0.15) is 5.56 Å². The van der Waals surface area contributed by atoms with Gasteiger partial charge < -0.3 is 14.6 Å². The lowest BCUT2D eigenvalue weighted by molar-refractivity contribution is -0.124. The summed E-state index contributed by atoms with van der Waals surface area (Å²) in [7, 11) is 3.48. The van der Waals surface area contributed by atoms with Crippen LogP contribution in [0.15, 0.2) is 24.5 Å². The Kier molecular flexibility index (Phi) is 3.94. The first-order chi connectivity index (χ1) is 8.72. The second kappa shape index (κ2) is 5.64. The number of aryl methyl sites for hydroxylation is 1. The molecular weight excluding hydrogens is 230 g/mol. The summed E-state index contributed by atoms with van der Waals surface area (Å²) in [6.45, 7) is 0.716. The molecule has 0 saturated heterocycles. The molecule has 0 aliphatic heterocycles. The van der Waals surface area contributed by atoms with Crippen molar-refractivity contribution in [3.05, 3.63) is 30.1 Å². The molecule has 2 rings (SSSR count). The van der Waals surface area contributed by atoms with Gasteiger partial charge in [0.05, 0.1) is 0 Å². The second-order valence-electron chi connectivity index (χ2n) is 4.17. The lowest BCUT2D eigenvalue weighted by Gasteiger charge is -2.03. The van der Waals surface area contributed by atoms with E-state index in [0.29, 0.717) is 6.54 Å². The highest BCUT2D eigenvalue weighted by Crippen LogP contribution is 2.18. The van der Waals surface area contributed by atoms with Gasteiger partial charge in [-0.05, 0) is 24.1 Å². The average Bonchev–Trinajstić information content (AvgIpc) is 2.68. The Morgan fingerprint density at radius 2 is 2.39 bits per heavy atom. The van der Waals surface area contributed by atoms with Gasteiger partial charge in [0, 0.05) is 38.5 Å². The third kappa shape index (κ3) is 2.68. The molecule has 0 saturated carbocycles. The van der Waals surface area contributed by atoms with Crippen molar-refractivity contribution in [3.63, 3.8) is 0 Å². The van der Waals surface area contributed by atoms with E-state index in [2.05, 4.69) is 22.6 Å². The molecule has 5 heteroatoms. The third-order valence-corrected chi connectivity index (χ3v) is 2.81. The molecule has 0 unspecified atom stereocenters. The highest BCUT2D eigenvalue weighted by molar-refractivity contribution is 5.80. The minimum absolute atomic E-state index is 0.0872. The summed E-state index contributed by atoms with van der Waals surface area (Å²) in [5, 5.41) is 3.95. The van der Waals surface area contributed by atoms with Gasteiger partial charge in [0.2, 0.25) is 5.91 Å². The van der Waals surface area contributed by atoms with Crippen molar-refractivity contribution in [1.29, 1.82) is 0 Å². The van der Waals surface area contributed by atoms with Crippen LogP contribution in [-0.2, 0) is 23.0 Å². The number of amides is 1. The quantitative estimate of drug-likeness (QED) is 0.853. The average molecular weight is 247 g/mol. The van der Waals surface area contributed by atoms with E-state index >= 15 is 0 Å². The number of ether oxygens (including phenoxy) is 1. The van der Waals surface area contributed by atoms with Gasteiger partial charge in [0.15, 0.2) is 0 Å². The maximum absolute atomic E-state index is 11.2. The van der Waals surface area contributed by atoms with Crippen LogP contribution in [0, 0.1) is 0 Å². The van der Waals surface area contributed by atoms with E-state index in [4.69, 9.17) is 4.74 Å². The number of carbonyl (C=O) groups excluding carboxylic acids is 1. The van der Waals surface area contributed by atoms with E-state index in [1.165, 1.54) is 12.7 Å². The molecule has 0 fully saturated rings. The Bertz CT molecular complexity index is 548. The SMILES string of the molecule is COCC(=O)NCCc1cn(C)c2ncccc12. The van der Waals surface area contributed by atoms with Gasteiger partial charge in [-0.1, -0.05) is 0 Å². The topological polar surface area (TPSA) is 56.1 Å². The number of fused-ring (bicyclic) bond motifs is 1. The highest BCUT2D eigenvalue weighted by Gasteiger charge is 2.07. The van der Waals surface area contributed by atoms with Crippen LogP contribution in [-0.4, -0.2) is 35.7 Å². The molecule has 5 nitrogen and oxygen atoms in total. The van der Waals surface area contributed by atoms with Gasteiger partial charge in [-0.25, -0.2) is 4.98 Å². The van der Waals surface area contributed by atoms with E-state index in [1.807, 2.05) is 17.7 Å². The Morgan fingerprint density at radius 3 is 3.17 bits per heavy atom. The molecule has 0 radical (unpaired) electrons. The smallest absolute Gasteiger partial charge is 0.245 e. The molecule has 1 amide bonds. The first kappa shape index (κ1) is 12.6. The summed E-state index contributed by atoms with van der Waals surface area (Å²) in [5.74, 6) is -0.0872. The minimum Gasteiger partial charge on any atom is -0.375 e. The van der Waals surface area contributed by atoms with Crippen LogP contribution in [0.2, 0.25) is 0 Å². The molecule has 0 aliphatic carbocycles. The fourth-order valence-corrected chi connectivity index (χ4v) is 2.01. The fraction of sp³-hybridized carbons (Fsp3) is 0.385. The summed E-state index contributed by atoms with van der Waals surface area (Å²) in [5.41, 5.74) is 2.16. The Balaban J connectivity index is 2.02. The van der Waals surface area contributed by atoms with Gasteiger partial charge in [0.25, 0.3) is 0 Å². The highest BCUT2D eigenvalue weighted by atomic mass is 16.5. The van der Waals surface area contributed by atoms with E-state index in [0.717, 1.165) is 17.5 Å². The summed E-state index contributed by atoms with van der Waals surface area (Å²) in [6, 6.07) is 3.98. The van der Waals surface area contributed by atoms with E-state index < -0.39 is 0 Å². The maximum Gasteiger partial charge on any atom is 0.245 e. The van der Waals surface area contributed by atoms with Crippen molar-refractivity contribution in [2.75, 3.05) is 20.3 Å². The largest absolute Gasteiger partial charge is 0.375 e. The number of aromatic nitrogens is 2. The van der Waals surface area contributed by atoms with Crippen LogP contribution >= 0.6 is 0 Å². The minimum atomic E-state index is -0.0872. The van der Waals surface area contributed by atoms with E-state index in [1.54, 1.807) is 6.20 Å². The van der Waals surface area contributed by atoms with Crippen LogP contribution in [0.5, 0.6) is 0 Å². The lowest BCUT2D eigenvalue weighted by Crippen LogP contribution is -2.28. The van der Waals surface area contributed by atoms with Crippen LogP contribution in [0.4, 0.5) is 0 Å². The number of hydrogen-bond acceptors (Lipinski definition) is 3. The zero-order valence-electron chi connectivity index (χ0n) is 10.6. The Labute approximate surface area is 106 Å². The van der Waals surface area contributed by atoms with Crippen LogP contribution in [0.25, 0.3) is 11.0 Å². The molecule has 2 aromatic heterocycles. The van der Waals surface area contributed by atoms with Gasteiger partial charge >= 0.3 is 0 Å². The standard InChI is InChI=1S/C13H17N3O2/c1-16-8-10(5-7-14-12(17)9-18-2)11-4-3-6-15-13(11)16/h3-4,6,8H,5,7,9H2,1-2H3,(H,14,17). The molecule has 96 valence electrons. The van der Waals surface area contributed by atoms with Crippen molar-refractivity contribution >= 4 is 16.9 Å². The van der Waals surface area contributed by atoms with Crippen molar-refractivity contribution in [1.82, 2.24) is 14.9 Å². The second-order valence-corrected chi connectivity index (χ2v) is 4.17. The first-order valence-corrected chi connectivity index (χ1v) is 5.87. The summed E-state index contributed by atoms with van der Waals surface area (Å²) >= 11 is 0. The van der Waals surface area contributed by atoms with Crippen LogP contribution in [0.3, 0.4) is 0 Å². The van der Waals surface area contributed by atoms with Gasteiger partial charge in [-0.2, -0.15) is 0 Å². The number of hydrogen-bond donors (Lipinski definition) is 1. The van der Waals surface area contributed by atoms with Crippen molar-refractivity contribution in [2.24, 2.45) is 7.05 Å². The van der Waals surface area contributed by atoms with Crippen molar-refractivity contribution in [2.45, 2.75) is 6.42 Å². The number of carbonyl (C=O) groups is 1. The molecule has 0 aliphatic rings. The number of rotatable bonds is 5. The zero-order valence-corrected chi connectivity index (χ0v) is 10.6. The van der Waals surface area contributed by atoms with E-state index in [-0.39, 0.29) is 12.5 Å². The van der Waals surface area contributed by atoms with Crippen molar-refractivity contribution in [3.8, 4) is 0 Å². The summed E-state index contributed by atoms with van der Waals surface area (Å²) in [6.07, 6.45) is 4.63. The first-order valence-electron chi connectivity index (χ1n) is 5.87. The Morgan fingerprint density at radius 1 is 1.56 bits per heavy atom. The fourth-order valence-electron chi connectivity index (χ4n) is 2.01. The Hall–Kier alpha value is -1.88. The summed E-state index contributed by atoms with van der Waals surface area (Å²) < 4.78 is 6.76. The molecule has 18 heavy (non-hydrogen) atoms. The predicted molar refractivity (Wildman–Crippen MR) is 69.3 cm³/mol. The monoisotopic (exact) mass is 247 g/mol. The molecular formula is C13H17N3O2. The van der Waals surface area contributed by atoms with Crippen molar-refractivity contribution < 1.29 is 9.53 Å². The molecule has 0 aromatic carbocycles. The zero-order chi connectivity index (χ0) is 13.0. The van der Waals surface area contributed by atoms with Gasteiger partial charge in [0.1, 0.15) is 12.3 Å². The molecule has 2 heterocycles. The lowest BCUT2D eigenvalue weighted by atomic mass is 10.1. The van der Waals surface area contributed by atoms with Gasteiger partial charge in [-0.3, -0.25) is 4.79 Å². The normalized spacial score (nSPS) is 10.8. The number of pyridine rings is 1. The molecule has 1 N–H and O–H groups in total. The maximum atomic E-state index is 11.2. The molecule has 0 bridgehead atoms. The number of nitrogens with zero attached hydrogens (tertiary/aromatic N) is 2.